The van der Waals surface area contributed by atoms with E-state index in [1.807, 2.05) is 6.07 Å². The molecule has 3 N–H and O–H groups in total. The topological polar surface area (TPSA) is 50.9 Å². The van der Waals surface area contributed by atoms with Gasteiger partial charge in [-0.3, -0.25) is 0 Å². The molecule has 0 bridgehead atoms. The predicted octanol–water partition coefficient (Wildman–Crippen LogP) is 6.15. The lowest BCUT2D eigenvalue weighted by Gasteiger charge is -2.24. The van der Waals surface area contributed by atoms with Gasteiger partial charge in [-0.25, -0.2) is 4.98 Å². The zero-order chi connectivity index (χ0) is 17.4. The van der Waals surface area contributed by atoms with E-state index in [0.29, 0.717) is 11.1 Å². The molecule has 3 aromatic rings. The van der Waals surface area contributed by atoms with Crippen molar-refractivity contribution in [1.29, 1.82) is 0 Å². The van der Waals surface area contributed by atoms with Crippen molar-refractivity contribution in [3.8, 4) is 0 Å². The lowest BCUT2D eigenvalue weighted by atomic mass is 9.88. The second kappa shape index (κ2) is 7.37. The summed E-state index contributed by atoms with van der Waals surface area (Å²) in [5.41, 5.74) is 8.31. The standard InChI is InChI=1S/C18H17BrClN3S2/c19-15-16-18(25-17(15)11-5-1-2-6-12(11)21)13(8-14(20)23-16)22-9-10-4-3-7-24-10/h1-4,7-8,11-12H,5-6,9,21H2,(H,22,23)/t11-,12-/m1/s1. The van der Waals surface area contributed by atoms with Gasteiger partial charge in [-0.2, -0.15) is 0 Å². The number of anilines is 1. The lowest BCUT2D eigenvalue weighted by Crippen LogP contribution is -2.29. The van der Waals surface area contributed by atoms with Crippen molar-refractivity contribution in [3.63, 3.8) is 0 Å². The van der Waals surface area contributed by atoms with Crippen LogP contribution < -0.4 is 11.1 Å². The molecule has 7 heteroatoms. The number of nitrogens with two attached hydrogens (primary N) is 1. The molecule has 0 fully saturated rings. The van der Waals surface area contributed by atoms with Gasteiger partial charge < -0.3 is 11.1 Å². The Hall–Kier alpha value is -0.920. The summed E-state index contributed by atoms with van der Waals surface area (Å²) in [6, 6.07) is 6.24. The molecule has 0 saturated heterocycles. The minimum absolute atomic E-state index is 0.146. The number of rotatable bonds is 4. The molecular formula is C18H17BrClN3S2. The average molecular weight is 455 g/mol. The van der Waals surface area contributed by atoms with Gasteiger partial charge in [-0.15, -0.1) is 22.7 Å². The van der Waals surface area contributed by atoms with E-state index in [9.17, 15) is 0 Å². The van der Waals surface area contributed by atoms with Gasteiger partial charge in [0.15, 0.2) is 0 Å². The van der Waals surface area contributed by atoms with Crippen LogP contribution in [0.2, 0.25) is 5.15 Å². The van der Waals surface area contributed by atoms with Crippen molar-refractivity contribution in [3.05, 3.63) is 55.1 Å². The zero-order valence-electron chi connectivity index (χ0n) is 13.3. The number of aromatic nitrogens is 1. The quantitative estimate of drug-likeness (QED) is 0.367. The number of hydrogen-bond donors (Lipinski definition) is 2. The van der Waals surface area contributed by atoms with Gasteiger partial charge in [0.1, 0.15) is 5.15 Å². The maximum atomic E-state index is 6.37. The van der Waals surface area contributed by atoms with E-state index < -0.39 is 0 Å². The van der Waals surface area contributed by atoms with E-state index in [4.69, 9.17) is 17.3 Å². The summed E-state index contributed by atoms with van der Waals surface area (Å²) < 4.78 is 2.16. The third kappa shape index (κ3) is 3.51. The van der Waals surface area contributed by atoms with Crippen molar-refractivity contribution in [2.75, 3.05) is 5.32 Å². The van der Waals surface area contributed by atoms with Crippen molar-refractivity contribution in [2.24, 2.45) is 5.73 Å². The van der Waals surface area contributed by atoms with Crippen molar-refractivity contribution in [1.82, 2.24) is 4.98 Å². The summed E-state index contributed by atoms with van der Waals surface area (Å²) in [7, 11) is 0. The molecule has 3 nitrogen and oxygen atoms in total. The Morgan fingerprint density at radius 3 is 2.96 bits per heavy atom. The van der Waals surface area contributed by atoms with Crippen molar-refractivity contribution >= 4 is 66.1 Å². The van der Waals surface area contributed by atoms with Gasteiger partial charge >= 0.3 is 0 Å². The van der Waals surface area contributed by atoms with Crippen molar-refractivity contribution in [2.45, 2.75) is 31.3 Å². The second-order valence-electron chi connectivity index (χ2n) is 6.10. The summed E-state index contributed by atoms with van der Waals surface area (Å²) in [6.45, 7) is 0.781. The molecule has 0 saturated carbocycles. The largest absolute Gasteiger partial charge is 0.379 e. The van der Waals surface area contributed by atoms with E-state index in [0.717, 1.165) is 39.8 Å². The number of fused-ring (bicyclic) bond motifs is 1. The molecule has 0 aromatic carbocycles. The van der Waals surface area contributed by atoms with Crippen LogP contribution in [-0.4, -0.2) is 11.0 Å². The Morgan fingerprint density at radius 1 is 1.36 bits per heavy atom. The molecule has 4 rings (SSSR count). The first-order valence-corrected chi connectivity index (χ1v) is 11.0. The molecular weight excluding hydrogens is 438 g/mol. The fourth-order valence-corrected chi connectivity index (χ4v) is 6.23. The van der Waals surface area contributed by atoms with E-state index in [2.05, 4.69) is 55.9 Å². The van der Waals surface area contributed by atoms with Gasteiger partial charge in [0, 0.05) is 34.3 Å². The number of thiophene rings is 2. The summed E-state index contributed by atoms with van der Waals surface area (Å²) in [6.07, 6.45) is 6.29. The fraction of sp³-hybridized carbons (Fsp3) is 0.278. The van der Waals surface area contributed by atoms with Crippen LogP contribution in [-0.2, 0) is 6.54 Å². The van der Waals surface area contributed by atoms with Crippen LogP contribution in [0.3, 0.4) is 0 Å². The molecule has 0 unspecified atom stereocenters. The van der Waals surface area contributed by atoms with E-state index >= 15 is 0 Å². The Morgan fingerprint density at radius 2 is 2.20 bits per heavy atom. The van der Waals surface area contributed by atoms with Gasteiger partial charge in [0.25, 0.3) is 0 Å². The summed E-state index contributed by atoms with van der Waals surface area (Å²) in [5, 5.41) is 6.10. The van der Waals surface area contributed by atoms with Crippen LogP contribution in [0, 0.1) is 0 Å². The molecule has 25 heavy (non-hydrogen) atoms. The Kier molecular flexibility index (Phi) is 5.15. The smallest absolute Gasteiger partial charge is 0.131 e. The molecule has 0 amide bonds. The highest BCUT2D eigenvalue weighted by Gasteiger charge is 2.27. The molecule has 2 atom stereocenters. The number of halogens is 2. The maximum absolute atomic E-state index is 6.37. The van der Waals surface area contributed by atoms with Crippen LogP contribution in [0.25, 0.3) is 10.2 Å². The normalized spacial score (nSPS) is 20.3. The first kappa shape index (κ1) is 17.5. The molecule has 0 aliphatic heterocycles. The lowest BCUT2D eigenvalue weighted by molar-refractivity contribution is 0.527. The summed E-state index contributed by atoms with van der Waals surface area (Å²) in [5.74, 6) is 0.322. The molecule has 130 valence electrons. The predicted molar refractivity (Wildman–Crippen MR) is 113 cm³/mol. The molecule has 1 aliphatic rings. The summed E-state index contributed by atoms with van der Waals surface area (Å²) >= 11 is 13.5. The van der Waals surface area contributed by atoms with Gasteiger partial charge in [0.05, 0.1) is 20.4 Å². The van der Waals surface area contributed by atoms with Crippen LogP contribution >= 0.6 is 50.2 Å². The SMILES string of the molecule is N[C@@H]1CC=CC[C@H]1c1sc2c(NCc3cccs3)cc(Cl)nc2c1Br. The van der Waals surface area contributed by atoms with E-state index in [1.54, 1.807) is 22.7 Å². The van der Waals surface area contributed by atoms with Crippen LogP contribution in [0.1, 0.15) is 28.5 Å². The van der Waals surface area contributed by atoms with E-state index in [-0.39, 0.29) is 6.04 Å². The molecule has 0 spiro atoms. The number of allylic oxidation sites excluding steroid dienone is 1. The third-order valence-corrected chi connectivity index (χ3v) is 7.91. The average Bonchev–Trinajstić information content (AvgIpc) is 3.22. The molecule has 0 radical (unpaired) electrons. The molecule has 3 aromatic heterocycles. The second-order valence-corrected chi connectivity index (χ2v) is 9.36. The van der Waals surface area contributed by atoms with Gasteiger partial charge in [-0.05, 0) is 40.2 Å². The van der Waals surface area contributed by atoms with Crippen LogP contribution in [0.15, 0.2) is 40.2 Å². The highest BCUT2D eigenvalue weighted by Crippen LogP contribution is 2.45. The molecule has 1 aliphatic carbocycles. The molecule has 3 heterocycles. The van der Waals surface area contributed by atoms with Gasteiger partial charge in [-0.1, -0.05) is 29.8 Å². The van der Waals surface area contributed by atoms with Crippen molar-refractivity contribution < 1.29 is 0 Å². The highest BCUT2D eigenvalue weighted by molar-refractivity contribution is 9.10. The van der Waals surface area contributed by atoms with Crippen LogP contribution in [0.4, 0.5) is 5.69 Å². The fourth-order valence-electron chi connectivity index (χ4n) is 3.13. The first-order chi connectivity index (χ1) is 12.1. The Bertz CT molecular complexity index is 920. The zero-order valence-corrected chi connectivity index (χ0v) is 17.3. The summed E-state index contributed by atoms with van der Waals surface area (Å²) in [4.78, 5) is 7.11. The van der Waals surface area contributed by atoms with Gasteiger partial charge in [0.2, 0.25) is 0 Å². The monoisotopic (exact) mass is 453 g/mol. The number of pyridine rings is 1. The number of nitrogens with one attached hydrogen (secondary N) is 1. The Labute approximate surface area is 168 Å². The maximum Gasteiger partial charge on any atom is 0.131 e. The number of hydrogen-bond acceptors (Lipinski definition) is 5. The minimum atomic E-state index is 0.146. The van der Waals surface area contributed by atoms with E-state index in [1.165, 1.54) is 9.75 Å². The number of nitrogens with zero attached hydrogens (tertiary/aromatic N) is 1. The third-order valence-electron chi connectivity index (χ3n) is 4.43. The highest BCUT2D eigenvalue weighted by atomic mass is 79.9. The van der Waals surface area contributed by atoms with Crippen LogP contribution in [0.5, 0.6) is 0 Å². The Balaban J connectivity index is 1.73. The first-order valence-electron chi connectivity index (χ1n) is 8.08. The minimum Gasteiger partial charge on any atom is -0.379 e.